The molecule has 1 unspecified atom stereocenters. The monoisotopic (exact) mass is 313 g/mol. The standard InChI is InChI=1S/C19H23NO3/c1-23-18-10-6-5-9-17(18)19(22)20-13-11-16(12-14-21)15-7-3-2-4-8-15/h2-10,16,21H,11-14H2,1H3,(H,20,22). The number of benzene rings is 2. The van der Waals surface area contributed by atoms with Crippen molar-refractivity contribution in [2.24, 2.45) is 0 Å². The zero-order valence-corrected chi connectivity index (χ0v) is 13.4. The van der Waals surface area contributed by atoms with E-state index in [2.05, 4.69) is 17.4 Å². The second-order valence-corrected chi connectivity index (χ2v) is 5.36. The van der Waals surface area contributed by atoms with Crippen LogP contribution in [0.15, 0.2) is 54.6 Å². The molecule has 0 saturated heterocycles. The molecule has 0 aliphatic rings. The Bertz CT molecular complexity index is 613. The molecule has 2 N–H and O–H groups in total. The number of aliphatic hydroxyl groups excluding tert-OH is 1. The molecule has 2 rings (SSSR count). The van der Waals surface area contributed by atoms with E-state index in [0.29, 0.717) is 24.3 Å². The first-order valence-corrected chi connectivity index (χ1v) is 7.83. The summed E-state index contributed by atoms with van der Waals surface area (Å²) in [5.74, 6) is 0.664. The smallest absolute Gasteiger partial charge is 0.255 e. The van der Waals surface area contributed by atoms with E-state index in [1.165, 1.54) is 5.56 Å². The van der Waals surface area contributed by atoms with Gasteiger partial charge in [0.25, 0.3) is 5.91 Å². The molecule has 2 aromatic rings. The summed E-state index contributed by atoms with van der Waals surface area (Å²) in [4.78, 5) is 12.3. The molecule has 0 radical (unpaired) electrons. The molecule has 0 fully saturated rings. The van der Waals surface area contributed by atoms with Crippen LogP contribution in [0.4, 0.5) is 0 Å². The normalized spacial score (nSPS) is 11.7. The quantitative estimate of drug-likeness (QED) is 0.787. The van der Waals surface area contributed by atoms with Gasteiger partial charge in [-0.05, 0) is 36.5 Å². The zero-order chi connectivity index (χ0) is 16.5. The molecule has 0 spiro atoms. The fourth-order valence-corrected chi connectivity index (χ4v) is 2.65. The number of aliphatic hydroxyl groups is 1. The molecule has 4 nitrogen and oxygen atoms in total. The van der Waals surface area contributed by atoms with Gasteiger partial charge in [0.05, 0.1) is 12.7 Å². The third kappa shape index (κ3) is 4.83. The van der Waals surface area contributed by atoms with E-state index in [0.717, 1.165) is 6.42 Å². The summed E-state index contributed by atoms with van der Waals surface area (Å²) in [5.41, 5.74) is 1.72. The van der Waals surface area contributed by atoms with Crippen LogP contribution in [0.2, 0.25) is 0 Å². The van der Waals surface area contributed by atoms with Crippen LogP contribution in [0.3, 0.4) is 0 Å². The van der Waals surface area contributed by atoms with Crippen molar-refractivity contribution in [3.8, 4) is 5.75 Å². The van der Waals surface area contributed by atoms with Crippen molar-refractivity contribution in [1.29, 1.82) is 0 Å². The van der Waals surface area contributed by atoms with E-state index in [1.807, 2.05) is 30.3 Å². The first kappa shape index (κ1) is 17.0. The summed E-state index contributed by atoms with van der Waals surface area (Å²) in [7, 11) is 1.55. The lowest BCUT2D eigenvalue weighted by Gasteiger charge is -2.17. The first-order chi connectivity index (χ1) is 11.3. The van der Waals surface area contributed by atoms with Crippen LogP contribution >= 0.6 is 0 Å². The highest BCUT2D eigenvalue weighted by Gasteiger charge is 2.14. The predicted octanol–water partition coefficient (Wildman–Crippen LogP) is 2.98. The summed E-state index contributed by atoms with van der Waals surface area (Å²) in [5, 5.41) is 12.2. The fraction of sp³-hybridized carbons (Fsp3) is 0.316. The topological polar surface area (TPSA) is 58.6 Å². The highest BCUT2D eigenvalue weighted by molar-refractivity contribution is 5.96. The van der Waals surface area contributed by atoms with Crippen molar-refractivity contribution in [3.63, 3.8) is 0 Å². The molecule has 0 aromatic heterocycles. The Hall–Kier alpha value is -2.33. The molecule has 0 heterocycles. The van der Waals surface area contributed by atoms with Gasteiger partial charge in [0.1, 0.15) is 5.75 Å². The SMILES string of the molecule is COc1ccccc1C(=O)NCCC(CCO)c1ccccc1. The molecule has 1 atom stereocenters. The van der Waals surface area contributed by atoms with Gasteiger partial charge in [0.15, 0.2) is 0 Å². The Morgan fingerprint density at radius 3 is 2.48 bits per heavy atom. The maximum absolute atomic E-state index is 12.3. The van der Waals surface area contributed by atoms with Crippen LogP contribution in [-0.2, 0) is 0 Å². The number of para-hydroxylation sites is 1. The lowest BCUT2D eigenvalue weighted by molar-refractivity contribution is 0.0949. The van der Waals surface area contributed by atoms with Gasteiger partial charge >= 0.3 is 0 Å². The Morgan fingerprint density at radius 1 is 1.09 bits per heavy atom. The van der Waals surface area contributed by atoms with Crippen molar-refractivity contribution in [1.82, 2.24) is 5.32 Å². The molecule has 0 saturated carbocycles. The number of hydrogen-bond donors (Lipinski definition) is 2. The minimum absolute atomic E-state index is 0.139. The third-order valence-electron chi connectivity index (χ3n) is 3.88. The van der Waals surface area contributed by atoms with Crippen LogP contribution < -0.4 is 10.1 Å². The number of ether oxygens (including phenoxy) is 1. The van der Waals surface area contributed by atoms with E-state index < -0.39 is 0 Å². The van der Waals surface area contributed by atoms with Crippen LogP contribution in [0.1, 0.15) is 34.7 Å². The van der Waals surface area contributed by atoms with E-state index in [-0.39, 0.29) is 18.4 Å². The highest BCUT2D eigenvalue weighted by atomic mass is 16.5. The minimum atomic E-state index is -0.140. The summed E-state index contributed by atoms with van der Waals surface area (Å²) >= 11 is 0. The minimum Gasteiger partial charge on any atom is -0.496 e. The Balaban J connectivity index is 1.93. The van der Waals surface area contributed by atoms with E-state index in [9.17, 15) is 9.90 Å². The number of nitrogens with one attached hydrogen (secondary N) is 1. The predicted molar refractivity (Wildman–Crippen MR) is 90.8 cm³/mol. The highest BCUT2D eigenvalue weighted by Crippen LogP contribution is 2.22. The van der Waals surface area contributed by atoms with E-state index >= 15 is 0 Å². The Morgan fingerprint density at radius 2 is 1.78 bits per heavy atom. The first-order valence-electron chi connectivity index (χ1n) is 7.83. The van der Waals surface area contributed by atoms with Gasteiger partial charge in [-0.3, -0.25) is 4.79 Å². The fourth-order valence-electron chi connectivity index (χ4n) is 2.65. The van der Waals surface area contributed by atoms with Crippen molar-refractivity contribution < 1.29 is 14.6 Å². The largest absolute Gasteiger partial charge is 0.496 e. The average Bonchev–Trinajstić information content (AvgIpc) is 2.61. The molecule has 122 valence electrons. The maximum Gasteiger partial charge on any atom is 0.255 e. The zero-order valence-electron chi connectivity index (χ0n) is 13.4. The molecule has 4 heteroatoms. The van der Waals surface area contributed by atoms with Crippen molar-refractivity contribution in [2.75, 3.05) is 20.3 Å². The molecule has 23 heavy (non-hydrogen) atoms. The summed E-state index contributed by atoms with van der Waals surface area (Å²) < 4.78 is 5.21. The molecule has 1 amide bonds. The summed E-state index contributed by atoms with van der Waals surface area (Å²) in [6, 6.07) is 17.2. The van der Waals surface area contributed by atoms with Gasteiger partial charge in [-0.1, -0.05) is 42.5 Å². The average molecular weight is 313 g/mol. The summed E-state index contributed by atoms with van der Waals surface area (Å²) in [6.45, 7) is 0.691. The van der Waals surface area contributed by atoms with Crippen LogP contribution in [0, 0.1) is 0 Å². The number of carbonyl (C=O) groups is 1. The number of carbonyl (C=O) groups excluding carboxylic acids is 1. The second kappa shape index (κ2) is 8.96. The Labute approximate surface area is 137 Å². The molecule has 0 bridgehead atoms. The van der Waals surface area contributed by atoms with Gasteiger partial charge in [-0.2, -0.15) is 0 Å². The molecular weight excluding hydrogens is 290 g/mol. The van der Waals surface area contributed by atoms with Crippen molar-refractivity contribution in [3.05, 3.63) is 65.7 Å². The van der Waals surface area contributed by atoms with Gasteiger partial charge in [0.2, 0.25) is 0 Å². The summed E-state index contributed by atoms with van der Waals surface area (Å²) in [6.07, 6.45) is 1.47. The molecule has 2 aromatic carbocycles. The van der Waals surface area contributed by atoms with Gasteiger partial charge in [0, 0.05) is 13.2 Å². The Kier molecular flexibility index (Phi) is 6.63. The van der Waals surface area contributed by atoms with Crippen molar-refractivity contribution >= 4 is 5.91 Å². The molecular formula is C19H23NO3. The maximum atomic E-state index is 12.3. The van der Waals surface area contributed by atoms with Crippen LogP contribution in [0.5, 0.6) is 5.75 Å². The third-order valence-corrected chi connectivity index (χ3v) is 3.88. The van der Waals surface area contributed by atoms with E-state index in [1.54, 1.807) is 19.2 Å². The van der Waals surface area contributed by atoms with Gasteiger partial charge in [-0.15, -0.1) is 0 Å². The van der Waals surface area contributed by atoms with Gasteiger partial charge in [-0.25, -0.2) is 0 Å². The van der Waals surface area contributed by atoms with Crippen LogP contribution in [0.25, 0.3) is 0 Å². The number of rotatable bonds is 8. The molecule has 0 aliphatic carbocycles. The van der Waals surface area contributed by atoms with Crippen LogP contribution in [-0.4, -0.2) is 31.3 Å². The van der Waals surface area contributed by atoms with E-state index in [4.69, 9.17) is 4.74 Å². The number of methoxy groups -OCH3 is 1. The van der Waals surface area contributed by atoms with Gasteiger partial charge < -0.3 is 15.2 Å². The number of hydrogen-bond acceptors (Lipinski definition) is 3. The number of amides is 1. The lowest BCUT2D eigenvalue weighted by Crippen LogP contribution is -2.26. The lowest BCUT2D eigenvalue weighted by atomic mass is 9.93. The van der Waals surface area contributed by atoms with Crippen molar-refractivity contribution in [2.45, 2.75) is 18.8 Å². The molecule has 0 aliphatic heterocycles. The second-order valence-electron chi connectivity index (χ2n) is 5.36.